The van der Waals surface area contributed by atoms with Crippen molar-refractivity contribution in [3.8, 4) is 5.75 Å². The number of pyridine rings is 1. The molecule has 0 radical (unpaired) electrons. The summed E-state index contributed by atoms with van der Waals surface area (Å²) >= 11 is 1.42. The van der Waals surface area contributed by atoms with Gasteiger partial charge in [0.05, 0.1) is 31.2 Å². The molecular weight excluding hydrogens is 288 g/mol. The Labute approximate surface area is 127 Å². The molecule has 0 saturated carbocycles. The summed E-state index contributed by atoms with van der Waals surface area (Å²) in [5.74, 6) is 0.325. The Bertz CT molecular complexity index is 647. The number of esters is 1. The van der Waals surface area contributed by atoms with E-state index in [1.54, 1.807) is 20.1 Å². The highest BCUT2D eigenvalue weighted by Crippen LogP contribution is 2.30. The Balaban J connectivity index is 2.24. The van der Waals surface area contributed by atoms with E-state index in [4.69, 9.17) is 15.2 Å². The van der Waals surface area contributed by atoms with E-state index in [-0.39, 0.29) is 0 Å². The van der Waals surface area contributed by atoms with Crippen molar-refractivity contribution in [2.45, 2.75) is 16.8 Å². The van der Waals surface area contributed by atoms with Crippen LogP contribution in [0.4, 0.5) is 5.69 Å². The Hall–Kier alpha value is -2.21. The van der Waals surface area contributed by atoms with Gasteiger partial charge in [0.1, 0.15) is 10.8 Å². The average molecular weight is 304 g/mol. The molecule has 0 aliphatic heterocycles. The lowest BCUT2D eigenvalue weighted by atomic mass is 10.2. The van der Waals surface area contributed by atoms with Crippen molar-refractivity contribution in [1.82, 2.24) is 4.98 Å². The number of anilines is 1. The highest BCUT2D eigenvalue weighted by atomic mass is 32.2. The third kappa shape index (κ3) is 3.88. The van der Waals surface area contributed by atoms with Crippen molar-refractivity contribution >= 4 is 23.4 Å². The first kappa shape index (κ1) is 15.2. The van der Waals surface area contributed by atoms with Gasteiger partial charge < -0.3 is 15.2 Å². The number of nitrogens with two attached hydrogens (primary N) is 1. The number of methoxy groups -OCH3 is 1. The first-order chi connectivity index (χ1) is 10.1. The second-order valence-corrected chi connectivity index (χ2v) is 5.21. The highest BCUT2D eigenvalue weighted by Gasteiger charge is 2.13. The minimum atomic E-state index is -0.440. The molecule has 2 aromatic rings. The van der Waals surface area contributed by atoms with Gasteiger partial charge in [0.2, 0.25) is 0 Å². The van der Waals surface area contributed by atoms with Crippen LogP contribution in [-0.2, 0) is 4.74 Å². The van der Waals surface area contributed by atoms with Gasteiger partial charge >= 0.3 is 5.97 Å². The topological polar surface area (TPSA) is 74.4 Å². The zero-order valence-corrected chi connectivity index (χ0v) is 12.6. The number of nitrogen functional groups attached to an aromatic ring is 1. The van der Waals surface area contributed by atoms with Crippen LogP contribution < -0.4 is 10.5 Å². The summed E-state index contributed by atoms with van der Waals surface area (Å²) in [6.07, 6.45) is 1.47. The van der Waals surface area contributed by atoms with Gasteiger partial charge in [0, 0.05) is 4.90 Å². The van der Waals surface area contributed by atoms with Crippen LogP contribution in [0, 0.1) is 0 Å². The molecule has 0 fully saturated rings. The molecule has 0 amide bonds. The van der Waals surface area contributed by atoms with Crippen LogP contribution in [-0.4, -0.2) is 24.7 Å². The molecule has 1 heterocycles. The van der Waals surface area contributed by atoms with E-state index < -0.39 is 5.97 Å². The third-order valence-electron chi connectivity index (χ3n) is 2.67. The molecule has 0 atom stereocenters. The molecule has 0 aliphatic rings. The Kier molecular flexibility index (Phi) is 5.05. The Morgan fingerprint density at radius 3 is 2.90 bits per heavy atom. The fourth-order valence-electron chi connectivity index (χ4n) is 1.67. The van der Waals surface area contributed by atoms with Crippen LogP contribution >= 0.6 is 11.8 Å². The molecule has 2 N–H and O–H groups in total. The van der Waals surface area contributed by atoms with E-state index in [0.29, 0.717) is 22.9 Å². The maximum absolute atomic E-state index is 11.8. The molecule has 5 nitrogen and oxygen atoms in total. The lowest BCUT2D eigenvalue weighted by Gasteiger charge is -2.08. The predicted octanol–water partition coefficient (Wildman–Crippen LogP) is 3.00. The minimum absolute atomic E-state index is 0.305. The number of aromatic nitrogens is 1. The fraction of sp³-hybridized carbons (Fsp3) is 0.200. The lowest BCUT2D eigenvalue weighted by Crippen LogP contribution is -2.08. The highest BCUT2D eigenvalue weighted by molar-refractivity contribution is 7.99. The summed E-state index contributed by atoms with van der Waals surface area (Å²) < 4.78 is 10.2. The molecule has 6 heteroatoms. The molecule has 2 rings (SSSR count). The fourth-order valence-corrected chi connectivity index (χ4v) is 2.52. The monoisotopic (exact) mass is 304 g/mol. The van der Waals surface area contributed by atoms with Crippen molar-refractivity contribution < 1.29 is 14.3 Å². The van der Waals surface area contributed by atoms with Crippen molar-refractivity contribution in [3.05, 3.63) is 42.1 Å². The summed E-state index contributed by atoms with van der Waals surface area (Å²) in [7, 11) is 1.62. The van der Waals surface area contributed by atoms with Gasteiger partial charge in [-0.2, -0.15) is 0 Å². The molecule has 110 valence electrons. The van der Waals surface area contributed by atoms with Gasteiger partial charge in [-0.25, -0.2) is 9.78 Å². The number of benzene rings is 1. The molecule has 0 aliphatic carbocycles. The summed E-state index contributed by atoms with van der Waals surface area (Å²) in [4.78, 5) is 17.0. The smallest absolute Gasteiger partial charge is 0.340 e. The average Bonchev–Trinajstić information content (AvgIpc) is 2.49. The molecule has 0 spiro atoms. The summed E-state index contributed by atoms with van der Waals surface area (Å²) in [6, 6.07) is 9.23. The summed E-state index contributed by atoms with van der Waals surface area (Å²) in [5.41, 5.74) is 6.41. The van der Waals surface area contributed by atoms with Crippen LogP contribution in [0.1, 0.15) is 17.3 Å². The van der Waals surface area contributed by atoms with E-state index in [9.17, 15) is 4.79 Å². The van der Waals surface area contributed by atoms with E-state index in [1.807, 2.05) is 24.3 Å². The first-order valence-electron chi connectivity index (χ1n) is 6.38. The van der Waals surface area contributed by atoms with Gasteiger partial charge in [-0.3, -0.25) is 0 Å². The van der Waals surface area contributed by atoms with Crippen LogP contribution in [0.2, 0.25) is 0 Å². The zero-order chi connectivity index (χ0) is 15.2. The van der Waals surface area contributed by atoms with E-state index in [0.717, 1.165) is 10.6 Å². The second kappa shape index (κ2) is 6.99. The van der Waals surface area contributed by atoms with E-state index in [1.165, 1.54) is 18.0 Å². The summed E-state index contributed by atoms with van der Waals surface area (Å²) in [6.45, 7) is 2.06. The lowest BCUT2D eigenvalue weighted by molar-refractivity contribution is 0.0527. The van der Waals surface area contributed by atoms with Gasteiger partial charge in [-0.15, -0.1) is 0 Å². The Morgan fingerprint density at radius 1 is 1.38 bits per heavy atom. The number of rotatable bonds is 5. The standard InChI is InChI=1S/C15H16N2O3S/c1-3-20-15(18)12-8-14(17-9-13(12)16)21-11-6-4-5-10(7-11)19-2/h4-9H,3,16H2,1-2H3. The van der Waals surface area contributed by atoms with Crippen LogP contribution in [0.25, 0.3) is 0 Å². The van der Waals surface area contributed by atoms with Crippen molar-refractivity contribution in [3.63, 3.8) is 0 Å². The van der Waals surface area contributed by atoms with Gasteiger partial charge in [-0.1, -0.05) is 17.8 Å². The molecule has 21 heavy (non-hydrogen) atoms. The van der Waals surface area contributed by atoms with E-state index in [2.05, 4.69) is 4.98 Å². The molecule has 1 aromatic heterocycles. The zero-order valence-electron chi connectivity index (χ0n) is 11.8. The first-order valence-corrected chi connectivity index (χ1v) is 7.20. The molecule has 0 bridgehead atoms. The number of carbonyl (C=O) groups excluding carboxylic acids is 1. The number of carbonyl (C=O) groups is 1. The van der Waals surface area contributed by atoms with E-state index >= 15 is 0 Å². The molecular formula is C15H16N2O3S. The third-order valence-corrected chi connectivity index (χ3v) is 3.59. The summed E-state index contributed by atoms with van der Waals surface area (Å²) in [5, 5.41) is 0.667. The normalized spacial score (nSPS) is 10.2. The second-order valence-electron chi connectivity index (χ2n) is 4.11. The number of hydrogen-bond donors (Lipinski definition) is 1. The van der Waals surface area contributed by atoms with Gasteiger partial charge in [-0.05, 0) is 31.2 Å². The van der Waals surface area contributed by atoms with Crippen LogP contribution in [0.15, 0.2) is 46.5 Å². The van der Waals surface area contributed by atoms with Crippen LogP contribution in [0.3, 0.4) is 0 Å². The SMILES string of the molecule is CCOC(=O)c1cc(Sc2cccc(OC)c2)ncc1N. The quantitative estimate of drug-likeness (QED) is 0.856. The maximum atomic E-state index is 11.8. The molecule has 1 aromatic carbocycles. The molecule has 0 unspecified atom stereocenters. The molecule has 0 saturated heterocycles. The Morgan fingerprint density at radius 2 is 2.19 bits per heavy atom. The van der Waals surface area contributed by atoms with Crippen molar-refractivity contribution in [1.29, 1.82) is 0 Å². The van der Waals surface area contributed by atoms with Crippen molar-refractivity contribution in [2.75, 3.05) is 19.5 Å². The van der Waals surface area contributed by atoms with Gasteiger partial charge in [0.25, 0.3) is 0 Å². The minimum Gasteiger partial charge on any atom is -0.497 e. The largest absolute Gasteiger partial charge is 0.497 e. The van der Waals surface area contributed by atoms with Gasteiger partial charge in [0.15, 0.2) is 0 Å². The number of nitrogens with zero attached hydrogens (tertiary/aromatic N) is 1. The number of hydrogen-bond acceptors (Lipinski definition) is 6. The maximum Gasteiger partial charge on any atom is 0.340 e. The predicted molar refractivity (Wildman–Crippen MR) is 81.7 cm³/mol. The van der Waals surface area contributed by atoms with Crippen molar-refractivity contribution in [2.24, 2.45) is 0 Å². The number of ether oxygens (including phenoxy) is 2. The van der Waals surface area contributed by atoms with Crippen LogP contribution in [0.5, 0.6) is 5.75 Å².